The molecule has 0 atom stereocenters. The van der Waals surface area contributed by atoms with Crippen molar-refractivity contribution in [1.29, 1.82) is 0 Å². The molecule has 0 saturated carbocycles. The van der Waals surface area contributed by atoms with Gasteiger partial charge in [-0.2, -0.15) is 0 Å². The fourth-order valence-electron chi connectivity index (χ4n) is 2.07. The third-order valence-electron chi connectivity index (χ3n) is 2.96. The van der Waals surface area contributed by atoms with E-state index in [0.29, 0.717) is 0 Å². The Hall–Kier alpha value is -0.830. The minimum Gasteiger partial charge on any atom is -0.334 e. The van der Waals surface area contributed by atoms with Crippen molar-refractivity contribution in [1.82, 2.24) is 4.90 Å². The molecule has 0 saturated heterocycles. The number of amides is 1. The molecule has 1 aliphatic rings. The van der Waals surface area contributed by atoms with E-state index < -0.39 is 0 Å². The average Bonchev–Trinajstić information content (AvgIpc) is 2.63. The molecule has 2 nitrogen and oxygen atoms in total. The number of carbonyl (C=O) groups excluding carboxylic acids is 1. The number of hydrogen-bond acceptors (Lipinski definition) is 1. The summed E-state index contributed by atoms with van der Waals surface area (Å²) in [6.07, 6.45) is 3.48. The lowest BCUT2D eigenvalue weighted by molar-refractivity contribution is 0.0776. The van der Waals surface area contributed by atoms with Gasteiger partial charge in [0.25, 0.3) is 5.91 Å². The van der Waals surface area contributed by atoms with Crippen molar-refractivity contribution in [3.8, 4) is 0 Å². The van der Waals surface area contributed by atoms with Crippen molar-refractivity contribution >= 4 is 21.8 Å². The van der Waals surface area contributed by atoms with Crippen molar-refractivity contribution in [3.05, 3.63) is 35.4 Å². The smallest absolute Gasteiger partial charge is 0.254 e. The summed E-state index contributed by atoms with van der Waals surface area (Å²) in [7, 11) is 0. The van der Waals surface area contributed by atoms with E-state index in [1.165, 1.54) is 18.4 Å². The Morgan fingerprint density at radius 1 is 1.19 bits per heavy atom. The number of alkyl halides is 1. The zero-order valence-electron chi connectivity index (χ0n) is 9.29. The van der Waals surface area contributed by atoms with Crippen LogP contribution in [0, 0.1) is 0 Å². The lowest BCUT2D eigenvalue weighted by Crippen LogP contribution is -2.24. The van der Waals surface area contributed by atoms with Crippen LogP contribution in [0.3, 0.4) is 0 Å². The number of fused-ring (bicyclic) bond motifs is 1. The fourth-order valence-corrected chi connectivity index (χ4v) is 2.47. The number of hydrogen-bond donors (Lipinski definition) is 0. The van der Waals surface area contributed by atoms with E-state index in [0.717, 1.165) is 30.4 Å². The second kappa shape index (κ2) is 5.48. The molecule has 0 fully saturated rings. The SMILES string of the molecule is O=C1c2ccccc2CN1CCCCCBr. The lowest BCUT2D eigenvalue weighted by Gasteiger charge is -2.14. The Kier molecular flexibility index (Phi) is 3.99. The second-order valence-electron chi connectivity index (χ2n) is 4.13. The molecule has 3 heteroatoms. The maximum atomic E-state index is 12.0. The Balaban J connectivity index is 1.89. The Bertz CT molecular complexity index is 378. The topological polar surface area (TPSA) is 20.3 Å². The number of benzene rings is 1. The van der Waals surface area contributed by atoms with Gasteiger partial charge in [-0.25, -0.2) is 0 Å². The van der Waals surface area contributed by atoms with Crippen molar-refractivity contribution in [2.75, 3.05) is 11.9 Å². The number of carbonyl (C=O) groups is 1. The predicted octanol–water partition coefficient (Wildman–Crippen LogP) is 3.21. The largest absolute Gasteiger partial charge is 0.334 e. The van der Waals surface area contributed by atoms with E-state index in [-0.39, 0.29) is 5.91 Å². The van der Waals surface area contributed by atoms with Crippen LogP contribution in [0.5, 0.6) is 0 Å². The first kappa shape index (κ1) is 11.6. The predicted molar refractivity (Wildman–Crippen MR) is 68.8 cm³/mol. The zero-order chi connectivity index (χ0) is 11.4. The number of halogens is 1. The van der Waals surface area contributed by atoms with Gasteiger partial charge in [0, 0.05) is 24.0 Å². The van der Waals surface area contributed by atoms with Crippen molar-refractivity contribution < 1.29 is 4.79 Å². The Labute approximate surface area is 105 Å². The number of nitrogens with zero attached hydrogens (tertiary/aromatic N) is 1. The van der Waals surface area contributed by atoms with E-state index >= 15 is 0 Å². The first-order valence-electron chi connectivity index (χ1n) is 5.76. The summed E-state index contributed by atoms with van der Waals surface area (Å²) >= 11 is 3.42. The quantitative estimate of drug-likeness (QED) is 0.600. The lowest BCUT2D eigenvalue weighted by atomic mass is 10.1. The highest BCUT2D eigenvalue weighted by Crippen LogP contribution is 2.22. The standard InChI is InChI=1S/C13H16BrNO/c14-8-4-1-5-9-15-10-11-6-2-3-7-12(11)13(15)16/h2-3,6-7H,1,4-5,8-10H2. The molecule has 0 spiro atoms. The molecule has 0 unspecified atom stereocenters. The molecule has 1 heterocycles. The van der Waals surface area contributed by atoms with Gasteiger partial charge in [-0.15, -0.1) is 0 Å². The summed E-state index contributed by atoms with van der Waals surface area (Å²) in [6.45, 7) is 1.68. The first-order valence-corrected chi connectivity index (χ1v) is 6.88. The maximum absolute atomic E-state index is 12.0. The molecule has 0 aromatic heterocycles. The molecule has 0 N–H and O–H groups in total. The molecule has 0 aliphatic carbocycles. The van der Waals surface area contributed by atoms with Crippen LogP contribution in [-0.2, 0) is 6.54 Å². The van der Waals surface area contributed by atoms with Crippen LogP contribution in [0.2, 0.25) is 0 Å². The monoisotopic (exact) mass is 281 g/mol. The van der Waals surface area contributed by atoms with Gasteiger partial charge in [-0.05, 0) is 24.5 Å². The summed E-state index contributed by atoms with van der Waals surface area (Å²) in [5.41, 5.74) is 2.07. The summed E-state index contributed by atoms with van der Waals surface area (Å²) in [5, 5.41) is 1.06. The molecule has 16 heavy (non-hydrogen) atoms. The highest BCUT2D eigenvalue weighted by molar-refractivity contribution is 9.09. The van der Waals surface area contributed by atoms with Crippen molar-refractivity contribution in [2.24, 2.45) is 0 Å². The number of unbranched alkanes of at least 4 members (excludes halogenated alkanes) is 2. The molecule has 0 radical (unpaired) electrons. The molecule has 0 bridgehead atoms. The molecule has 1 aromatic rings. The van der Waals surface area contributed by atoms with Crippen molar-refractivity contribution in [2.45, 2.75) is 25.8 Å². The van der Waals surface area contributed by atoms with E-state index in [1.807, 2.05) is 29.2 Å². The van der Waals surface area contributed by atoms with E-state index in [1.54, 1.807) is 0 Å². The molecule has 86 valence electrons. The van der Waals surface area contributed by atoms with Crippen LogP contribution >= 0.6 is 15.9 Å². The van der Waals surface area contributed by atoms with Gasteiger partial charge in [-0.1, -0.05) is 40.5 Å². The number of rotatable bonds is 5. The molecule has 2 rings (SSSR count). The van der Waals surface area contributed by atoms with Gasteiger partial charge < -0.3 is 4.90 Å². The normalized spacial score (nSPS) is 14.3. The fraction of sp³-hybridized carbons (Fsp3) is 0.462. The minimum atomic E-state index is 0.203. The van der Waals surface area contributed by atoms with Gasteiger partial charge in [0.1, 0.15) is 0 Å². The maximum Gasteiger partial charge on any atom is 0.254 e. The Morgan fingerprint density at radius 2 is 2.00 bits per heavy atom. The summed E-state index contributed by atoms with van der Waals surface area (Å²) in [5.74, 6) is 0.203. The van der Waals surface area contributed by atoms with Gasteiger partial charge in [-0.3, -0.25) is 4.79 Å². The summed E-state index contributed by atoms with van der Waals surface area (Å²) in [4.78, 5) is 13.9. The summed E-state index contributed by atoms with van der Waals surface area (Å²) in [6, 6.07) is 7.91. The molecule has 1 aliphatic heterocycles. The van der Waals surface area contributed by atoms with Gasteiger partial charge in [0.05, 0.1) is 0 Å². The first-order chi connectivity index (χ1) is 7.83. The summed E-state index contributed by atoms with van der Waals surface area (Å²) < 4.78 is 0. The molecule has 1 aromatic carbocycles. The highest BCUT2D eigenvalue weighted by Gasteiger charge is 2.25. The van der Waals surface area contributed by atoms with Gasteiger partial charge >= 0.3 is 0 Å². The molecular formula is C13H16BrNO. The third-order valence-corrected chi connectivity index (χ3v) is 3.52. The van der Waals surface area contributed by atoms with E-state index in [2.05, 4.69) is 15.9 Å². The van der Waals surface area contributed by atoms with Gasteiger partial charge in [0.2, 0.25) is 0 Å². The highest BCUT2D eigenvalue weighted by atomic mass is 79.9. The minimum absolute atomic E-state index is 0.203. The molecule has 1 amide bonds. The van der Waals surface area contributed by atoms with Crippen LogP contribution in [-0.4, -0.2) is 22.7 Å². The third kappa shape index (κ3) is 2.46. The zero-order valence-corrected chi connectivity index (χ0v) is 10.9. The van der Waals surface area contributed by atoms with E-state index in [9.17, 15) is 4.79 Å². The van der Waals surface area contributed by atoms with Crippen LogP contribution < -0.4 is 0 Å². The average molecular weight is 282 g/mol. The Morgan fingerprint density at radius 3 is 2.75 bits per heavy atom. The van der Waals surface area contributed by atoms with Gasteiger partial charge in [0.15, 0.2) is 0 Å². The van der Waals surface area contributed by atoms with Crippen LogP contribution in [0.4, 0.5) is 0 Å². The van der Waals surface area contributed by atoms with Crippen molar-refractivity contribution in [3.63, 3.8) is 0 Å². The molecular weight excluding hydrogens is 266 g/mol. The van der Waals surface area contributed by atoms with Crippen LogP contribution in [0.15, 0.2) is 24.3 Å². The van der Waals surface area contributed by atoms with E-state index in [4.69, 9.17) is 0 Å². The van der Waals surface area contributed by atoms with Crippen LogP contribution in [0.25, 0.3) is 0 Å². The van der Waals surface area contributed by atoms with Crippen LogP contribution in [0.1, 0.15) is 35.2 Å². The second-order valence-corrected chi connectivity index (χ2v) is 4.93.